The Morgan fingerprint density at radius 2 is 1.52 bits per heavy atom. The molecule has 27 heavy (non-hydrogen) atoms. The summed E-state index contributed by atoms with van der Waals surface area (Å²) in [5.41, 5.74) is 4.60. The minimum Gasteiger partial charge on any atom is -0.389 e. The van der Waals surface area contributed by atoms with Crippen molar-refractivity contribution < 1.29 is 5.11 Å². The van der Waals surface area contributed by atoms with Crippen molar-refractivity contribution in [2.45, 2.75) is 19.6 Å². The molecule has 0 aliphatic carbocycles. The van der Waals surface area contributed by atoms with Crippen LogP contribution >= 0.6 is 45.2 Å². The van der Waals surface area contributed by atoms with Crippen LogP contribution in [0.2, 0.25) is 0 Å². The molecule has 0 aliphatic rings. The van der Waals surface area contributed by atoms with Gasteiger partial charge in [-0.05, 0) is 100 Å². The maximum absolute atomic E-state index is 10.7. The monoisotopic (exact) mass is 582 g/mol. The third-order valence-corrected chi connectivity index (χ3v) is 6.20. The lowest BCUT2D eigenvalue weighted by atomic mass is 10.2. The fourth-order valence-electron chi connectivity index (χ4n) is 3.52. The average Bonchev–Trinajstić information content (AvgIpc) is 2.93. The number of aliphatic hydroxyl groups is 1. The van der Waals surface area contributed by atoms with E-state index in [2.05, 4.69) is 104 Å². The van der Waals surface area contributed by atoms with Crippen molar-refractivity contribution in [2.24, 2.45) is 0 Å². The van der Waals surface area contributed by atoms with Gasteiger partial charge in [0, 0.05) is 41.2 Å². The second kappa shape index (κ2) is 7.97. The average molecular weight is 582 g/mol. The van der Waals surface area contributed by atoms with Crippen molar-refractivity contribution >= 4 is 72.7 Å². The lowest BCUT2D eigenvalue weighted by Crippen LogP contribution is -2.25. The number of aryl methyl sites for hydroxylation is 1. The molecule has 0 aliphatic heterocycles. The van der Waals surface area contributed by atoms with Crippen LogP contribution in [0.15, 0.2) is 60.7 Å². The predicted octanol–water partition coefficient (Wildman–Crippen LogP) is 5.79. The predicted molar refractivity (Wildman–Crippen MR) is 131 cm³/mol. The molecule has 0 spiro atoms. The van der Waals surface area contributed by atoms with Crippen LogP contribution in [0.3, 0.4) is 0 Å². The summed E-state index contributed by atoms with van der Waals surface area (Å²) in [6.45, 7) is 3.14. The van der Waals surface area contributed by atoms with Crippen molar-refractivity contribution in [1.29, 1.82) is 0 Å². The number of fused-ring (bicyclic) bond motifs is 3. The fraction of sp³-hybridized carbons (Fsp3) is 0.182. The molecule has 0 saturated heterocycles. The van der Waals surface area contributed by atoms with Crippen LogP contribution in [-0.2, 0) is 6.54 Å². The molecule has 4 rings (SSSR count). The minimum atomic E-state index is -0.484. The first-order chi connectivity index (χ1) is 13.0. The third-order valence-electron chi connectivity index (χ3n) is 4.86. The zero-order chi connectivity index (χ0) is 19.0. The quantitative estimate of drug-likeness (QED) is 0.293. The number of benzene rings is 3. The summed E-state index contributed by atoms with van der Waals surface area (Å²) >= 11 is 4.71. The Kier molecular flexibility index (Phi) is 5.61. The van der Waals surface area contributed by atoms with Gasteiger partial charge in [0.1, 0.15) is 0 Å². The second-order valence-corrected chi connectivity index (χ2v) is 9.27. The van der Waals surface area contributed by atoms with E-state index in [-0.39, 0.29) is 0 Å². The Balaban J connectivity index is 1.65. The number of anilines is 1. The number of aromatic nitrogens is 1. The Morgan fingerprint density at radius 3 is 2.11 bits per heavy atom. The van der Waals surface area contributed by atoms with Crippen molar-refractivity contribution in [1.82, 2.24) is 4.57 Å². The van der Waals surface area contributed by atoms with Gasteiger partial charge in [0.05, 0.1) is 12.6 Å². The van der Waals surface area contributed by atoms with Crippen molar-refractivity contribution in [3.63, 3.8) is 0 Å². The van der Waals surface area contributed by atoms with Gasteiger partial charge < -0.3 is 15.0 Å². The molecule has 0 amide bonds. The van der Waals surface area contributed by atoms with E-state index >= 15 is 0 Å². The summed E-state index contributed by atoms with van der Waals surface area (Å²) in [4.78, 5) is 0. The number of rotatable bonds is 5. The van der Waals surface area contributed by atoms with Crippen LogP contribution in [0.4, 0.5) is 5.69 Å². The molecule has 5 heteroatoms. The number of nitrogens with one attached hydrogen (secondary N) is 1. The van der Waals surface area contributed by atoms with Gasteiger partial charge in [0.2, 0.25) is 0 Å². The van der Waals surface area contributed by atoms with E-state index in [4.69, 9.17) is 0 Å². The van der Waals surface area contributed by atoms with Gasteiger partial charge in [-0.1, -0.05) is 18.2 Å². The van der Waals surface area contributed by atoms with E-state index in [0.717, 1.165) is 5.69 Å². The van der Waals surface area contributed by atoms with Gasteiger partial charge in [-0.15, -0.1) is 0 Å². The van der Waals surface area contributed by atoms with E-state index in [1.807, 2.05) is 18.2 Å². The highest BCUT2D eigenvalue weighted by atomic mass is 127. The molecule has 4 aromatic rings. The van der Waals surface area contributed by atoms with Crippen molar-refractivity contribution in [2.75, 3.05) is 11.9 Å². The third kappa shape index (κ3) is 3.95. The Labute approximate surface area is 186 Å². The number of aliphatic hydroxyl groups excluding tert-OH is 1. The molecule has 2 N–H and O–H groups in total. The summed E-state index contributed by atoms with van der Waals surface area (Å²) in [7, 11) is 0. The van der Waals surface area contributed by atoms with Gasteiger partial charge in [0.15, 0.2) is 0 Å². The van der Waals surface area contributed by atoms with Gasteiger partial charge in [-0.25, -0.2) is 0 Å². The van der Waals surface area contributed by atoms with Crippen molar-refractivity contribution in [3.8, 4) is 0 Å². The van der Waals surface area contributed by atoms with Crippen LogP contribution in [0.1, 0.15) is 5.56 Å². The summed E-state index contributed by atoms with van der Waals surface area (Å²) in [5.74, 6) is 0. The largest absolute Gasteiger partial charge is 0.389 e. The second-order valence-electron chi connectivity index (χ2n) is 6.78. The number of hydrogen-bond donors (Lipinski definition) is 2. The Morgan fingerprint density at radius 1 is 0.926 bits per heavy atom. The molecule has 1 heterocycles. The molecule has 1 unspecified atom stereocenters. The van der Waals surface area contributed by atoms with E-state index < -0.39 is 6.10 Å². The minimum absolute atomic E-state index is 0.484. The van der Waals surface area contributed by atoms with E-state index in [1.165, 1.54) is 34.5 Å². The smallest absolute Gasteiger partial charge is 0.0891 e. The molecule has 3 nitrogen and oxygen atoms in total. The zero-order valence-corrected chi connectivity index (χ0v) is 19.2. The maximum Gasteiger partial charge on any atom is 0.0891 e. The number of para-hydroxylation sites is 1. The normalized spacial score (nSPS) is 12.6. The van der Waals surface area contributed by atoms with Crippen LogP contribution in [0.5, 0.6) is 0 Å². The summed E-state index contributed by atoms with van der Waals surface area (Å²) in [6.07, 6.45) is -0.484. The van der Waals surface area contributed by atoms with E-state index in [1.54, 1.807) is 0 Å². The van der Waals surface area contributed by atoms with Crippen LogP contribution in [-0.4, -0.2) is 22.3 Å². The molecular weight excluding hydrogens is 562 g/mol. The van der Waals surface area contributed by atoms with Crippen LogP contribution in [0.25, 0.3) is 21.8 Å². The molecule has 138 valence electrons. The topological polar surface area (TPSA) is 37.2 Å². The summed E-state index contributed by atoms with van der Waals surface area (Å²) < 4.78 is 4.68. The zero-order valence-electron chi connectivity index (χ0n) is 14.9. The summed E-state index contributed by atoms with van der Waals surface area (Å²) in [5, 5.41) is 16.6. The first-order valence-corrected chi connectivity index (χ1v) is 11.0. The number of nitrogens with zero attached hydrogens (tertiary/aromatic N) is 1. The highest BCUT2D eigenvalue weighted by molar-refractivity contribution is 14.1. The standard InChI is InChI=1S/C22H20I2N2O/c1-14-4-2-3-5-20(14)25-12-17(27)13-26-21-8-6-15(23)10-18(21)19-11-16(24)7-9-22(19)26/h2-11,17,25,27H,12-13H2,1H3. The van der Waals surface area contributed by atoms with Crippen molar-refractivity contribution in [3.05, 3.63) is 73.4 Å². The molecule has 3 aromatic carbocycles. The molecule has 0 fully saturated rings. The van der Waals surface area contributed by atoms with Crippen LogP contribution < -0.4 is 5.32 Å². The fourth-order valence-corrected chi connectivity index (χ4v) is 4.50. The first kappa shape index (κ1) is 19.0. The number of halogens is 2. The van der Waals surface area contributed by atoms with Gasteiger partial charge >= 0.3 is 0 Å². The molecule has 0 bridgehead atoms. The van der Waals surface area contributed by atoms with Crippen LogP contribution in [0, 0.1) is 14.1 Å². The molecule has 1 atom stereocenters. The SMILES string of the molecule is Cc1ccccc1NCC(O)Cn1c2ccc(I)cc2c2cc(I)ccc21. The van der Waals surface area contributed by atoms with Gasteiger partial charge in [-0.3, -0.25) is 0 Å². The lowest BCUT2D eigenvalue weighted by molar-refractivity contribution is 0.169. The Bertz CT molecular complexity index is 1060. The maximum atomic E-state index is 10.7. The van der Waals surface area contributed by atoms with Gasteiger partial charge in [-0.2, -0.15) is 0 Å². The Hall–Kier alpha value is -1.32. The van der Waals surface area contributed by atoms with E-state index in [9.17, 15) is 5.11 Å². The molecular formula is C22H20I2N2O. The van der Waals surface area contributed by atoms with E-state index in [0.29, 0.717) is 13.1 Å². The number of hydrogen-bond acceptors (Lipinski definition) is 2. The van der Waals surface area contributed by atoms with Gasteiger partial charge in [0.25, 0.3) is 0 Å². The molecule has 1 aromatic heterocycles. The lowest BCUT2D eigenvalue weighted by Gasteiger charge is -2.16. The summed E-state index contributed by atoms with van der Waals surface area (Å²) in [6, 6.07) is 21.2. The molecule has 0 radical (unpaired) electrons. The first-order valence-electron chi connectivity index (χ1n) is 8.87. The highest BCUT2D eigenvalue weighted by Crippen LogP contribution is 2.31. The highest BCUT2D eigenvalue weighted by Gasteiger charge is 2.14. The molecule has 0 saturated carbocycles.